The van der Waals surface area contributed by atoms with E-state index in [0.29, 0.717) is 12.0 Å². The molecule has 0 bridgehead atoms. The molecule has 0 saturated carbocycles. The number of nitrogens with two attached hydrogens (primary N) is 1. The van der Waals surface area contributed by atoms with Crippen LogP contribution in [0.3, 0.4) is 0 Å². The SMILES string of the molecule is COC(=O)c1cccc(CC(C)(N)CO)c1. The third kappa shape index (κ3) is 3.32. The van der Waals surface area contributed by atoms with Crippen LogP contribution in [0.1, 0.15) is 22.8 Å². The molecule has 0 aromatic heterocycles. The molecular formula is C12H17NO3. The van der Waals surface area contributed by atoms with Gasteiger partial charge in [0.1, 0.15) is 0 Å². The van der Waals surface area contributed by atoms with Gasteiger partial charge in [0, 0.05) is 5.54 Å². The lowest BCUT2D eigenvalue weighted by atomic mass is 9.94. The quantitative estimate of drug-likeness (QED) is 0.738. The van der Waals surface area contributed by atoms with Crippen molar-refractivity contribution in [3.05, 3.63) is 35.4 Å². The Bertz CT molecular complexity index is 374. The zero-order chi connectivity index (χ0) is 12.2. The van der Waals surface area contributed by atoms with E-state index >= 15 is 0 Å². The van der Waals surface area contributed by atoms with Crippen molar-refractivity contribution in [1.29, 1.82) is 0 Å². The molecule has 1 unspecified atom stereocenters. The van der Waals surface area contributed by atoms with Crippen LogP contribution in [0.2, 0.25) is 0 Å². The van der Waals surface area contributed by atoms with E-state index in [1.165, 1.54) is 7.11 Å². The largest absolute Gasteiger partial charge is 0.465 e. The molecule has 0 fully saturated rings. The minimum Gasteiger partial charge on any atom is -0.465 e. The highest BCUT2D eigenvalue weighted by molar-refractivity contribution is 5.89. The first-order chi connectivity index (χ1) is 7.48. The van der Waals surface area contributed by atoms with Crippen LogP contribution in [-0.2, 0) is 11.2 Å². The number of methoxy groups -OCH3 is 1. The van der Waals surface area contributed by atoms with Gasteiger partial charge in [-0.2, -0.15) is 0 Å². The van der Waals surface area contributed by atoms with E-state index in [4.69, 9.17) is 10.8 Å². The molecule has 0 amide bonds. The van der Waals surface area contributed by atoms with Gasteiger partial charge in [-0.15, -0.1) is 0 Å². The Morgan fingerprint density at radius 1 is 1.56 bits per heavy atom. The molecule has 0 spiro atoms. The van der Waals surface area contributed by atoms with Gasteiger partial charge in [-0.3, -0.25) is 0 Å². The topological polar surface area (TPSA) is 72.5 Å². The Hall–Kier alpha value is -1.39. The summed E-state index contributed by atoms with van der Waals surface area (Å²) in [4.78, 5) is 11.3. The van der Waals surface area contributed by atoms with Gasteiger partial charge in [0.05, 0.1) is 19.3 Å². The highest BCUT2D eigenvalue weighted by atomic mass is 16.5. The zero-order valence-corrected chi connectivity index (χ0v) is 9.56. The molecule has 88 valence electrons. The fraction of sp³-hybridized carbons (Fsp3) is 0.417. The fourth-order valence-corrected chi connectivity index (χ4v) is 1.45. The third-order valence-electron chi connectivity index (χ3n) is 2.32. The van der Waals surface area contributed by atoms with Crippen molar-refractivity contribution >= 4 is 5.97 Å². The van der Waals surface area contributed by atoms with Crippen LogP contribution in [0.15, 0.2) is 24.3 Å². The van der Waals surface area contributed by atoms with Crippen molar-refractivity contribution in [3.8, 4) is 0 Å². The van der Waals surface area contributed by atoms with Crippen LogP contribution in [0.25, 0.3) is 0 Å². The van der Waals surface area contributed by atoms with Crippen molar-refractivity contribution in [2.75, 3.05) is 13.7 Å². The predicted octanol–water partition coefficient (Wildman–Crippen LogP) is 0.725. The van der Waals surface area contributed by atoms with Crippen LogP contribution in [0.4, 0.5) is 0 Å². The summed E-state index contributed by atoms with van der Waals surface area (Å²) >= 11 is 0. The number of ether oxygens (including phenoxy) is 1. The number of benzene rings is 1. The molecule has 1 aromatic carbocycles. The average Bonchev–Trinajstić information content (AvgIpc) is 2.28. The van der Waals surface area contributed by atoms with Gasteiger partial charge in [-0.05, 0) is 31.0 Å². The van der Waals surface area contributed by atoms with E-state index in [1.807, 2.05) is 6.07 Å². The lowest BCUT2D eigenvalue weighted by molar-refractivity contribution is 0.0600. The van der Waals surface area contributed by atoms with Gasteiger partial charge >= 0.3 is 5.97 Å². The van der Waals surface area contributed by atoms with Gasteiger partial charge in [-0.1, -0.05) is 12.1 Å². The highest BCUT2D eigenvalue weighted by Crippen LogP contribution is 2.12. The number of carbonyl (C=O) groups is 1. The maximum Gasteiger partial charge on any atom is 0.337 e. The summed E-state index contributed by atoms with van der Waals surface area (Å²) in [7, 11) is 1.34. The van der Waals surface area contributed by atoms with Crippen molar-refractivity contribution in [1.82, 2.24) is 0 Å². The maximum absolute atomic E-state index is 11.3. The summed E-state index contributed by atoms with van der Waals surface area (Å²) in [5, 5.41) is 9.06. The molecule has 0 aliphatic heterocycles. The normalized spacial score (nSPS) is 14.2. The second kappa shape index (κ2) is 5.09. The number of aliphatic hydroxyl groups is 1. The van der Waals surface area contributed by atoms with Crippen molar-refractivity contribution in [2.45, 2.75) is 18.9 Å². The summed E-state index contributed by atoms with van der Waals surface area (Å²) in [6.07, 6.45) is 0.508. The minimum absolute atomic E-state index is 0.102. The first-order valence-electron chi connectivity index (χ1n) is 5.05. The van der Waals surface area contributed by atoms with Crippen molar-refractivity contribution in [3.63, 3.8) is 0 Å². The standard InChI is InChI=1S/C12H17NO3/c1-12(13,8-14)7-9-4-3-5-10(6-9)11(15)16-2/h3-6,14H,7-8,13H2,1-2H3. The molecule has 1 aromatic rings. The lowest BCUT2D eigenvalue weighted by Crippen LogP contribution is -2.42. The summed E-state index contributed by atoms with van der Waals surface area (Å²) in [6, 6.07) is 7.05. The van der Waals surface area contributed by atoms with Gasteiger partial charge < -0.3 is 15.6 Å². The number of carbonyl (C=O) groups excluding carboxylic acids is 1. The summed E-state index contributed by atoms with van der Waals surface area (Å²) in [5.74, 6) is -0.371. The Morgan fingerprint density at radius 3 is 2.81 bits per heavy atom. The molecule has 3 N–H and O–H groups in total. The van der Waals surface area contributed by atoms with Gasteiger partial charge in [-0.25, -0.2) is 4.79 Å². The van der Waals surface area contributed by atoms with Crippen LogP contribution in [0.5, 0.6) is 0 Å². The Balaban J connectivity index is 2.87. The van der Waals surface area contributed by atoms with Gasteiger partial charge in [0.15, 0.2) is 0 Å². The second-order valence-corrected chi connectivity index (χ2v) is 4.18. The van der Waals surface area contributed by atoms with Crippen LogP contribution < -0.4 is 5.73 Å². The molecule has 0 saturated heterocycles. The van der Waals surface area contributed by atoms with E-state index in [1.54, 1.807) is 25.1 Å². The van der Waals surface area contributed by atoms with E-state index in [2.05, 4.69) is 4.74 Å². The molecule has 4 heteroatoms. The molecule has 0 aliphatic carbocycles. The maximum atomic E-state index is 11.3. The van der Waals surface area contributed by atoms with Crippen molar-refractivity contribution < 1.29 is 14.6 Å². The molecule has 0 heterocycles. The van der Waals surface area contributed by atoms with Gasteiger partial charge in [0.2, 0.25) is 0 Å². The summed E-state index contributed by atoms with van der Waals surface area (Å²) < 4.78 is 4.63. The van der Waals surface area contributed by atoms with E-state index in [-0.39, 0.29) is 12.6 Å². The molecular weight excluding hydrogens is 206 g/mol. The number of esters is 1. The number of hydrogen-bond acceptors (Lipinski definition) is 4. The number of hydrogen-bond donors (Lipinski definition) is 2. The van der Waals surface area contributed by atoms with E-state index in [0.717, 1.165) is 5.56 Å². The molecule has 1 rings (SSSR count). The zero-order valence-electron chi connectivity index (χ0n) is 9.56. The smallest absolute Gasteiger partial charge is 0.337 e. The Labute approximate surface area is 95.0 Å². The van der Waals surface area contributed by atoms with Gasteiger partial charge in [0.25, 0.3) is 0 Å². The second-order valence-electron chi connectivity index (χ2n) is 4.18. The molecule has 1 atom stereocenters. The predicted molar refractivity (Wildman–Crippen MR) is 61.2 cm³/mol. The van der Waals surface area contributed by atoms with Crippen molar-refractivity contribution in [2.24, 2.45) is 5.73 Å². The van der Waals surface area contributed by atoms with Crippen LogP contribution >= 0.6 is 0 Å². The Kier molecular flexibility index (Phi) is 4.04. The molecule has 16 heavy (non-hydrogen) atoms. The molecule has 4 nitrogen and oxygen atoms in total. The molecule has 0 radical (unpaired) electrons. The van der Waals surface area contributed by atoms with E-state index in [9.17, 15) is 4.79 Å². The Morgan fingerprint density at radius 2 is 2.25 bits per heavy atom. The van der Waals surface area contributed by atoms with Crippen LogP contribution in [-0.4, -0.2) is 30.3 Å². The summed E-state index contributed by atoms with van der Waals surface area (Å²) in [5.41, 5.74) is 6.57. The number of rotatable bonds is 4. The first-order valence-corrected chi connectivity index (χ1v) is 5.05. The summed E-state index contributed by atoms with van der Waals surface area (Å²) in [6.45, 7) is 1.66. The fourth-order valence-electron chi connectivity index (χ4n) is 1.45. The third-order valence-corrected chi connectivity index (χ3v) is 2.32. The van der Waals surface area contributed by atoms with Crippen LogP contribution in [0, 0.1) is 0 Å². The van der Waals surface area contributed by atoms with E-state index < -0.39 is 5.54 Å². The first kappa shape index (κ1) is 12.7. The molecule has 0 aliphatic rings. The monoisotopic (exact) mass is 223 g/mol. The minimum atomic E-state index is -0.672. The lowest BCUT2D eigenvalue weighted by Gasteiger charge is -2.21. The highest BCUT2D eigenvalue weighted by Gasteiger charge is 2.18. The number of aliphatic hydroxyl groups excluding tert-OH is 1. The average molecular weight is 223 g/mol.